The van der Waals surface area contributed by atoms with Crippen LogP contribution in [0.5, 0.6) is 0 Å². The minimum atomic E-state index is -0.505. The van der Waals surface area contributed by atoms with Gasteiger partial charge in [0.1, 0.15) is 0 Å². The zero-order valence-electron chi connectivity index (χ0n) is 10.2. The van der Waals surface area contributed by atoms with Crippen LogP contribution in [0.4, 0.5) is 0 Å². The maximum atomic E-state index is 10.0. The van der Waals surface area contributed by atoms with E-state index in [0.717, 1.165) is 16.5 Å². The van der Waals surface area contributed by atoms with E-state index in [-0.39, 0.29) is 0 Å². The Hall–Kier alpha value is -1.45. The van der Waals surface area contributed by atoms with E-state index >= 15 is 0 Å². The number of aliphatic hydroxyl groups excluding tert-OH is 1. The lowest BCUT2D eigenvalue weighted by molar-refractivity contribution is 0.171. The maximum Gasteiger partial charge on any atom is 0.0929 e. The van der Waals surface area contributed by atoms with Gasteiger partial charge in [0.05, 0.1) is 11.6 Å². The second kappa shape index (κ2) is 5.25. The lowest BCUT2D eigenvalue weighted by atomic mass is 10.1. The van der Waals surface area contributed by atoms with Crippen molar-refractivity contribution in [2.24, 2.45) is 0 Å². The molecule has 0 radical (unpaired) electrons. The monoisotopic (exact) mass is 230 g/mol. The molecule has 0 aliphatic heterocycles. The fourth-order valence-corrected chi connectivity index (χ4v) is 1.74. The standard InChI is InChI=1S/C14H18N2O/c1-10(2)15-9-14(17)12-7-11-5-3-4-6-13(11)16-8-12/h3-8,10,14-15,17H,9H2,1-2H3. The van der Waals surface area contributed by atoms with E-state index in [0.29, 0.717) is 12.6 Å². The molecule has 0 aliphatic carbocycles. The Morgan fingerprint density at radius 1 is 1.29 bits per heavy atom. The van der Waals surface area contributed by atoms with Crippen LogP contribution in [0.25, 0.3) is 10.9 Å². The number of hydrogen-bond acceptors (Lipinski definition) is 3. The highest BCUT2D eigenvalue weighted by molar-refractivity contribution is 5.78. The van der Waals surface area contributed by atoms with Crippen molar-refractivity contribution in [2.75, 3.05) is 6.54 Å². The number of pyridine rings is 1. The van der Waals surface area contributed by atoms with Crippen molar-refractivity contribution >= 4 is 10.9 Å². The number of fused-ring (bicyclic) bond motifs is 1. The van der Waals surface area contributed by atoms with Crippen LogP contribution < -0.4 is 5.32 Å². The summed E-state index contributed by atoms with van der Waals surface area (Å²) in [5.41, 5.74) is 1.82. The molecule has 90 valence electrons. The molecule has 0 spiro atoms. The van der Waals surface area contributed by atoms with Crippen LogP contribution in [0.1, 0.15) is 25.5 Å². The molecule has 2 rings (SSSR count). The van der Waals surface area contributed by atoms with Crippen molar-refractivity contribution in [3.63, 3.8) is 0 Å². The Bertz CT molecular complexity index is 496. The Kier molecular flexibility index (Phi) is 3.71. The summed E-state index contributed by atoms with van der Waals surface area (Å²) in [5, 5.41) is 14.3. The van der Waals surface area contributed by atoms with Crippen molar-refractivity contribution in [3.05, 3.63) is 42.1 Å². The zero-order chi connectivity index (χ0) is 12.3. The molecule has 1 aromatic heterocycles. The molecular formula is C14H18N2O. The molecular weight excluding hydrogens is 212 g/mol. The van der Waals surface area contributed by atoms with E-state index in [2.05, 4.69) is 24.1 Å². The first-order chi connectivity index (χ1) is 8.16. The van der Waals surface area contributed by atoms with Gasteiger partial charge in [0.15, 0.2) is 0 Å². The third-order valence-electron chi connectivity index (χ3n) is 2.72. The fraction of sp³-hybridized carbons (Fsp3) is 0.357. The summed E-state index contributed by atoms with van der Waals surface area (Å²) in [6, 6.07) is 10.3. The summed E-state index contributed by atoms with van der Waals surface area (Å²) >= 11 is 0. The van der Waals surface area contributed by atoms with Crippen LogP contribution in [0.3, 0.4) is 0 Å². The lowest BCUT2D eigenvalue weighted by Gasteiger charge is -2.14. The van der Waals surface area contributed by atoms with Gasteiger partial charge < -0.3 is 10.4 Å². The van der Waals surface area contributed by atoms with Crippen molar-refractivity contribution < 1.29 is 5.11 Å². The summed E-state index contributed by atoms with van der Waals surface area (Å²) in [5.74, 6) is 0. The Labute approximate surface area is 102 Å². The summed E-state index contributed by atoms with van der Waals surface area (Å²) < 4.78 is 0. The van der Waals surface area contributed by atoms with Crippen molar-refractivity contribution in [2.45, 2.75) is 26.0 Å². The van der Waals surface area contributed by atoms with Gasteiger partial charge in [-0.15, -0.1) is 0 Å². The topological polar surface area (TPSA) is 45.1 Å². The SMILES string of the molecule is CC(C)NCC(O)c1cnc2ccccc2c1. The molecule has 0 aliphatic rings. The van der Waals surface area contributed by atoms with E-state index in [1.165, 1.54) is 0 Å². The van der Waals surface area contributed by atoms with Crippen LogP contribution in [0, 0.1) is 0 Å². The molecule has 0 saturated heterocycles. The van der Waals surface area contributed by atoms with Gasteiger partial charge in [0.25, 0.3) is 0 Å². The van der Waals surface area contributed by atoms with E-state index in [9.17, 15) is 5.11 Å². The summed E-state index contributed by atoms with van der Waals surface area (Å²) in [7, 11) is 0. The Balaban J connectivity index is 2.18. The maximum absolute atomic E-state index is 10.0. The van der Waals surface area contributed by atoms with E-state index in [1.54, 1.807) is 6.20 Å². The third kappa shape index (κ3) is 3.02. The summed E-state index contributed by atoms with van der Waals surface area (Å²) in [6.07, 6.45) is 1.24. The molecule has 0 saturated carbocycles. The number of nitrogens with zero attached hydrogens (tertiary/aromatic N) is 1. The average molecular weight is 230 g/mol. The van der Waals surface area contributed by atoms with Gasteiger partial charge in [-0.2, -0.15) is 0 Å². The van der Waals surface area contributed by atoms with E-state index in [1.807, 2.05) is 30.3 Å². The number of hydrogen-bond donors (Lipinski definition) is 2. The minimum Gasteiger partial charge on any atom is -0.387 e. The van der Waals surface area contributed by atoms with Crippen LogP contribution in [-0.4, -0.2) is 22.7 Å². The molecule has 0 amide bonds. The van der Waals surface area contributed by atoms with Crippen LogP contribution in [0.2, 0.25) is 0 Å². The molecule has 2 aromatic rings. The molecule has 0 bridgehead atoms. The molecule has 1 unspecified atom stereocenters. The lowest BCUT2D eigenvalue weighted by Crippen LogP contribution is -2.27. The van der Waals surface area contributed by atoms with Gasteiger partial charge in [-0.3, -0.25) is 4.98 Å². The molecule has 1 atom stereocenters. The number of rotatable bonds is 4. The van der Waals surface area contributed by atoms with Crippen molar-refractivity contribution in [1.29, 1.82) is 0 Å². The van der Waals surface area contributed by atoms with E-state index in [4.69, 9.17) is 0 Å². The minimum absolute atomic E-state index is 0.373. The number of benzene rings is 1. The quantitative estimate of drug-likeness (QED) is 0.847. The van der Waals surface area contributed by atoms with Gasteiger partial charge >= 0.3 is 0 Å². The van der Waals surface area contributed by atoms with Gasteiger partial charge in [-0.25, -0.2) is 0 Å². The van der Waals surface area contributed by atoms with Gasteiger partial charge in [-0.05, 0) is 12.1 Å². The highest BCUT2D eigenvalue weighted by Crippen LogP contribution is 2.17. The smallest absolute Gasteiger partial charge is 0.0929 e. The first-order valence-corrected chi connectivity index (χ1v) is 5.93. The molecule has 17 heavy (non-hydrogen) atoms. The van der Waals surface area contributed by atoms with Gasteiger partial charge in [-0.1, -0.05) is 32.0 Å². The predicted octanol–water partition coefficient (Wildman–Crippen LogP) is 2.27. The normalized spacial score (nSPS) is 13.2. The molecule has 1 heterocycles. The molecule has 1 aromatic carbocycles. The third-order valence-corrected chi connectivity index (χ3v) is 2.72. The summed E-state index contributed by atoms with van der Waals surface area (Å²) in [6.45, 7) is 4.68. The predicted molar refractivity (Wildman–Crippen MR) is 69.8 cm³/mol. The zero-order valence-corrected chi connectivity index (χ0v) is 10.2. The van der Waals surface area contributed by atoms with Crippen LogP contribution >= 0.6 is 0 Å². The first kappa shape index (κ1) is 12.0. The Morgan fingerprint density at radius 3 is 2.82 bits per heavy atom. The number of para-hydroxylation sites is 1. The highest BCUT2D eigenvalue weighted by Gasteiger charge is 2.08. The number of aromatic nitrogens is 1. The summed E-state index contributed by atoms with van der Waals surface area (Å²) in [4.78, 5) is 4.34. The molecule has 0 fully saturated rings. The van der Waals surface area contributed by atoms with Crippen LogP contribution in [0.15, 0.2) is 36.5 Å². The van der Waals surface area contributed by atoms with Gasteiger partial charge in [0, 0.05) is 29.7 Å². The van der Waals surface area contributed by atoms with Gasteiger partial charge in [0.2, 0.25) is 0 Å². The largest absolute Gasteiger partial charge is 0.387 e. The second-order valence-corrected chi connectivity index (χ2v) is 4.54. The molecule has 3 heteroatoms. The average Bonchev–Trinajstić information content (AvgIpc) is 2.35. The molecule has 2 N–H and O–H groups in total. The number of nitrogens with one attached hydrogen (secondary N) is 1. The Morgan fingerprint density at radius 2 is 2.06 bits per heavy atom. The highest BCUT2D eigenvalue weighted by atomic mass is 16.3. The fourth-order valence-electron chi connectivity index (χ4n) is 1.74. The van der Waals surface area contributed by atoms with E-state index < -0.39 is 6.10 Å². The first-order valence-electron chi connectivity index (χ1n) is 5.93. The molecule has 3 nitrogen and oxygen atoms in total. The second-order valence-electron chi connectivity index (χ2n) is 4.54. The van der Waals surface area contributed by atoms with Crippen LogP contribution in [-0.2, 0) is 0 Å². The number of aliphatic hydroxyl groups is 1. The van der Waals surface area contributed by atoms with Crippen molar-refractivity contribution in [1.82, 2.24) is 10.3 Å². The van der Waals surface area contributed by atoms with Crippen molar-refractivity contribution in [3.8, 4) is 0 Å².